The number of hydrogen-bond donors (Lipinski definition) is 1. The Morgan fingerprint density at radius 3 is 3.09 bits per heavy atom. The van der Waals surface area contributed by atoms with E-state index >= 15 is 0 Å². The maximum Gasteiger partial charge on any atom is 0.228 e. The van der Waals surface area contributed by atoms with E-state index in [0.29, 0.717) is 17.1 Å². The third kappa shape index (κ3) is 3.00. The average Bonchev–Trinajstić information content (AvgIpc) is 3.34. The summed E-state index contributed by atoms with van der Waals surface area (Å²) in [6, 6.07) is 0. The molecule has 1 saturated heterocycles. The molecule has 4 rings (SSSR count). The van der Waals surface area contributed by atoms with Crippen molar-refractivity contribution in [2.24, 2.45) is 5.92 Å². The molecule has 0 atom stereocenters. The molecule has 122 valence electrons. The number of hydrogen-bond acceptors (Lipinski definition) is 6. The van der Waals surface area contributed by atoms with Crippen molar-refractivity contribution >= 4 is 38.4 Å². The molecule has 0 unspecified atom stereocenters. The summed E-state index contributed by atoms with van der Waals surface area (Å²) in [6.07, 6.45) is 3.87. The normalized spacial score (nSPS) is 18.9. The summed E-state index contributed by atoms with van der Waals surface area (Å²) >= 11 is 1.37. The van der Waals surface area contributed by atoms with Gasteiger partial charge >= 0.3 is 0 Å². The molecule has 1 saturated carbocycles. The summed E-state index contributed by atoms with van der Waals surface area (Å²) < 4.78 is 20.1. The number of carbonyl (C=O) groups is 1. The smallest absolute Gasteiger partial charge is 0.228 e. The minimum absolute atomic E-state index is 0.0384. The number of halogens is 1. The minimum Gasteiger partial charge on any atom is -0.380 e. The van der Waals surface area contributed by atoms with Crippen molar-refractivity contribution in [3.05, 3.63) is 12.0 Å². The van der Waals surface area contributed by atoms with Gasteiger partial charge in [-0.1, -0.05) is 11.3 Å². The molecule has 6 nitrogen and oxygen atoms in total. The van der Waals surface area contributed by atoms with Crippen molar-refractivity contribution in [2.45, 2.75) is 19.3 Å². The number of amides is 1. The van der Waals surface area contributed by atoms with Crippen LogP contribution in [0.25, 0.3) is 10.2 Å². The number of thiazole rings is 1. The summed E-state index contributed by atoms with van der Waals surface area (Å²) in [5, 5.41) is 3.56. The average molecular weight is 336 g/mol. The largest absolute Gasteiger partial charge is 0.380 e. The Hall–Kier alpha value is -1.80. The molecule has 2 aliphatic rings. The number of carbonyl (C=O) groups excluding carboxylic acids is 1. The highest BCUT2D eigenvalue weighted by Crippen LogP contribution is 2.36. The van der Waals surface area contributed by atoms with E-state index < -0.39 is 5.82 Å². The van der Waals surface area contributed by atoms with E-state index in [1.54, 1.807) is 0 Å². The maximum absolute atomic E-state index is 14.1. The molecule has 0 bridgehead atoms. The standard InChI is InChI=1S/C15H17FN4O2S/c16-10-8-17-13(19-14(21)9-2-3-9)12-11(10)18-15(23-12)20-4-1-6-22-7-5-20/h8-9H,1-7H2,(H,17,19,21). The Balaban J connectivity index is 1.68. The van der Waals surface area contributed by atoms with Crippen LogP contribution in [-0.4, -0.2) is 42.2 Å². The van der Waals surface area contributed by atoms with Crippen LogP contribution in [0.2, 0.25) is 0 Å². The first kappa shape index (κ1) is 14.8. The first-order valence-corrected chi connectivity index (χ1v) is 8.62. The fourth-order valence-electron chi connectivity index (χ4n) is 2.60. The molecular weight excluding hydrogens is 319 g/mol. The van der Waals surface area contributed by atoms with Crippen molar-refractivity contribution in [3.8, 4) is 0 Å². The first-order chi connectivity index (χ1) is 11.2. The van der Waals surface area contributed by atoms with E-state index in [0.717, 1.165) is 50.3 Å². The number of nitrogens with one attached hydrogen (secondary N) is 1. The SMILES string of the molecule is O=C(Nc1ncc(F)c2nc(N3CCCOCC3)sc12)C1CC1. The van der Waals surface area contributed by atoms with Gasteiger partial charge in [0.1, 0.15) is 10.2 Å². The topological polar surface area (TPSA) is 67.4 Å². The molecule has 1 N–H and O–H groups in total. The molecule has 0 radical (unpaired) electrons. The quantitative estimate of drug-likeness (QED) is 0.932. The molecule has 0 aromatic carbocycles. The number of ether oxygens (including phenoxy) is 1. The number of nitrogens with zero attached hydrogens (tertiary/aromatic N) is 3. The lowest BCUT2D eigenvalue weighted by Crippen LogP contribution is -2.25. The molecule has 2 aromatic rings. The monoisotopic (exact) mass is 336 g/mol. The van der Waals surface area contributed by atoms with E-state index in [2.05, 4.69) is 20.2 Å². The third-order valence-corrected chi connectivity index (χ3v) is 5.17. The zero-order chi connectivity index (χ0) is 15.8. The predicted molar refractivity (Wildman–Crippen MR) is 86.4 cm³/mol. The van der Waals surface area contributed by atoms with Gasteiger partial charge < -0.3 is 15.0 Å². The van der Waals surface area contributed by atoms with Crippen LogP contribution in [0.5, 0.6) is 0 Å². The molecule has 2 fully saturated rings. The Morgan fingerprint density at radius 2 is 2.26 bits per heavy atom. The van der Waals surface area contributed by atoms with E-state index in [4.69, 9.17) is 4.74 Å². The fourth-order valence-corrected chi connectivity index (χ4v) is 3.67. The maximum atomic E-state index is 14.1. The lowest BCUT2D eigenvalue weighted by Gasteiger charge is -2.17. The van der Waals surface area contributed by atoms with Crippen molar-refractivity contribution in [3.63, 3.8) is 0 Å². The van der Waals surface area contributed by atoms with Gasteiger partial charge in [0.15, 0.2) is 16.8 Å². The lowest BCUT2D eigenvalue weighted by molar-refractivity contribution is -0.117. The zero-order valence-corrected chi connectivity index (χ0v) is 13.4. The van der Waals surface area contributed by atoms with Crippen molar-refractivity contribution in [2.75, 3.05) is 36.5 Å². The molecular formula is C15H17FN4O2S. The number of anilines is 2. The second-order valence-electron chi connectivity index (χ2n) is 5.85. The second-order valence-corrected chi connectivity index (χ2v) is 6.82. The van der Waals surface area contributed by atoms with Crippen LogP contribution in [0.15, 0.2) is 6.20 Å². The van der Waals surface area contributed by atoms with E-state index in [1.165, 1.54) is 11.3 Å². The van der Waals surface area contributed by atoms with Crippen molar-refractivity contribution in [1.29, 1.82) is 0 Å². The molecule has 3 heterocycles. The van der Waals surface area contributed by atoms with Gasteiger partial charge in [-0.3, -0.25) is 4.79 Å². The van der Waals surface area contributed by atoms with Gasteiger partial charge in [-0.15, -0.1) is 0 Å². The van der Waals surface area contributed by atoms with Gasteiger partial charge in [0.25, 0.3) is 0 Å². The highest BCUT2D eigenvalue weighted by molar-refractivity contribution is 7.22. The van der Waals surface area contributed by atoms with Crippen LogP contribution in [0.1, 0.15) is 19.3 Å². The Morgan fingerprint density at radius 1 is 1.39 bits per heavy atom. The van der Waals surface area contributed by atoms with Crippen molar-refractivity contribution < 1.29 is 13.9 Å². The first-order valence-electron chi connectivity index (χ1n) is 7.81. The molecule has 8 heteroatoms. The summed E-state index contributed by atoms with van der Waals surface area (Å²) in [6.45, 7) is 2.94. The van der Waals surface area contributed by atoms with E-state index in [-0.39, 0.29) is 17.3 Å². The Labute approximate surface area is 136 Å². The number of rotatable bonds is 3. The van der Waals surface area contributed by atoms with Gasteiger partial charge in [0, 0.05) is 25.6 Å². The summed E-state index contributed by atoms with van der Waals surface area (Å²) in [5.41, 5.74) is 0.274. The van der Waals surface area contributed by atoms with Gasteiger partial charge in [-0.25, -0.2) is 14.4 Å². The Kier molecular flexibility index (Phi) is 3.86. The van der Waals surface area contributed by atoms with Crippen LogP contribution in [-0.2, 0) is 9.53 Å². The number of fused-ring (bicyclic) bond motifs is 1. The summed E-state index contributed by atoms with van der Waals surface area (Å²) in [4.78, 5) is 22.6. The molecule has 1 aliphatic carbocycles. The minimum atomic E-state index is -0.460. The summed E-state index contributed by atoms with van der Waals surface area (Å²) in [5.74, 6) is -0.0123. The van der Waals surface area contributed by atoms with Gasteiger partial charge in [0.05, 0.1) is 12.8 Å². The Bertz CT molecular complexity index is 738. The van der Waals surface area contributed by atoms with Gasteiger partial charge in [0.2, 0.25) is 5.91 Å². The van der Waals surface area contributed by atoms with Crippen LogP contribution < -0.4 is 10.2 Å². The van der Waals surface area contributed by atoms with Crippen molar-refractivity contribution in [1.82, 2.24) is 9.97 Å². The highest BCUT2D eigenvalue weighted by Gasteiger charge is 2.30. The fraction of sp³-hybridized carbons (Fsp3) is 0.533. The van der Waals surface area contributed by atoms with Gasteiger partial charge in [-0.2, -0.15) is 0 Å². The van der Waals surface area contributed by atoms with Crippen LogP contribution in [0.4, 0.5) is 15.3 Å². The van der Waals surface area contributed by atoms with Crippen LogP contribution in [0.3, 0.4) is 0 Å². The third-order valence-electron chi connectivity index (χ3n) is 4.05. The number of pyridine rings is 1. The molecule has 23 heavy (non-hydrogen) atoms. The van der Waals surface area contributed by atoms with Crippen LogP contribution in [0, 0.1) is 11.7 Å². The van der Waals surface area contributed by atoms with E-state index in [9.17, 15) is 9.18 Å². The molecule has 0 spiro atoms. The van der Waals surface area contributed by atoms with Crippen LogP contribution >= 0.6 is 11.3 Å². The second kappa shape index (κ2) is 6.01. The van der Waals surface area contributed by atoms with Gasteiger partial charge in [-0.05, 0) is 19.3 Å². The molecule has 1 amide bonds. The molecule has 1 aliphatic heterocycles. The van der Waals surface area contributed by atoms with E-state index in [1.807, 2.05) is 0 Å². The summed E-state index contributed by atoms with van der Waals surface area (Å²) in [7, 11) is 0. The predicted octanol–water partition coefficient (Wildman–Crippen LogP) is 2.41. The lowest BCUT2D eigenvalue weighted by atomic mass is 10.3. The highest BCUT2D eigenvalue weighted by atomic mass is 32.1. The zero-order valence-electron chi connectivity index (χ0n) is 12.5. The number of aromatic nitrogens is 2. The molecule has 2 aromatic heterocycles.